The predicted octanol–water partition coefficient (Wildman–Crippen LogP) is 3.13. The second-order valence-corrected chi connectivity index (χ2v) is 9.10. The molecule has 27 heavy (non-hydrogen) atoms. The monoisotopic (exact) mass is 380 g/mol. The predicted molar refractivity (Wildman–Crippen MR) is 111 cm³/mol. The molecule has 0 heterocycles. The van der Waals surface area contributed by atoms with Gasteiger partial charge in [0.25, 0.3) is 0 Å². The molecule has 0 saturated heterocycles. The van der Waals surface area contributed by atoms with E-state index in [-0.39, 0.29) is 29.4 Å². The molecule has 1 rings (SSSR count). The van der Waals surface area contributed by atoms with E-state index < -0.39 is 0 Å². The maximum absolute atomic E-state index is 12.1. The number of rotatable bonds is 12. The molecule has 0 saturated carbocycles. The summed E-state index contributed by atoms with van der Waals surface area (Å²) >= 11 is 0. The molecule has 156 valence electrons. The van der Waals surface area contributed by atoms with Gasteiger partial charge < -0.3 is 20.1 Å². The van der Waals surface area contributed by atoms with Gasteiger partial charge >= 0.3 is 0 Å². The van der Waals surface area contributed by atoms with Gasteiger partial charge in [-0.05, 0) is 25.8 Å². The van der Waals surface area contributed by atoms with E-state index in [1.54, 1.807) is 0 Å². The summed E-state index contributed by atoms with van der Waals surface area (Å²) in [4.78, 5) is 12.1. The maximum atomic E-state index is 12.1. The average molecular weight is 381 g/mol. The first-order valence-electron chi connectivity index (χ1n) is 10.4. The van der Waals surface area contributed by atoms with Gasteiger partial charge in [-0.2, -0.15) is 0 Å². The van der Waals surface area contributed by atoms with Crippen molar-refractivity contribution in [3.05, 3.63) is 0 Å². The Labute approximate surface area is 166 Å². The minimum atomic E-state index is -0.121. The molecular formula is C22H40N2O3. The quantitative estimate of drug-likeness (QED) is 0.511. The number of amides is 1. The molecule has 0 aromatic heterocycles. The Morgan fingerprint density at radius 3 is 2.48 bits per heavy atom. The summed E-state index contributed by atoms with van der Waals surface area (Å²) < 4.78 is 11.6. The molecule has 1 unspecified atom stereocenters. The van der Waals surface area contributed by atoms with Crippen molar-refractivity contribution < 1.29 is 14.3 Å². The van der Waals surface area contributed by atoms with E-state index in [0.29, 0.717) is 19.8 Å². The first-order valence-corrected chi connectivity index (χ1v) is 10.4. The van der Waals surface area contributed by atoms with E-state index in [0.717, 1.165) is 32.4 Å². The normalized spacial score (nSPS) is 18.2. The highest BCUT2D eigenvalue weighted by molar-refractivity contribution is 5.77. The number of carbonyl (C=O) groups excluding carboxylic acids is 1. The first kappa shape index (κ1) is 23.9. The van der Waals surface area contributed by atoms with Crippen LogP contribution in [0.3, 0.4) is 0 Å². The third-order valence-corrected chi connectivity index (χ3v) is 4.55. The highest BCUT2D eigenvalue weighted by Gasteiger charge is 2.23. The number of hydrogen-bond acceptors (Lipinski definition) is 4. The van der Waals surface area contributed by atoms with Gasteiger partial charge in [0.15, 0.2) is 0 Å². The molecule has 2 N–H and O–H groups in total. The Bertz CT molecular complexity index is 492. The second-order valence-electron chi connectivity index (χ2n) is 9.10. The summed E-state index contributed by atoms with van der Waals surface area (Å²) in [5.74, 6) is 6.18. The van der Waals surface area contributed by atoms with E-state index in [4.69, 9.17) is 9.47 Å². The van der Waals surface area contributed by atoms with E-state index in [2.05, 4.69) is 57.1 Å². The molecular weight excluding hydrogens is 340 g/mol. The van der Waals surface area contributed by atoms with Gasteiger partial charge in [-0.15, -0.1) is 5.92 Å². The zero-order valence-corrected chi connectivity index (χ0v) is 18.1. The lowest BCUT2D eigenvalue weighted by Gasteiger charge is -2.29. The Morgan fingerprint density at radius 1 is 1.07 bits per heavy atom. The minimum Gasteiger partial charge on any atom is -0.380 e. The third-order valence-electron chi connectivity index (χ3n) is 4.55. The van der Waals surface area contributed by atoms with Gasteiger partial charge in [-0.1, -0.05) is 47.0 Å². The molecule has 0 bridgehead atoms. The molecule has 0 aromatic rings. The summed E-state index contributed by atoms with van der Waals surface area (Å²) in [7, 11) is 0. The van der Waals surface area contributed by atoms with Gasteiger partial charge in [0, 0.05) is 30.3 Å². The topological polar surface area (TPSA) is 59.6 Å². The van der Waals surface area contributed by atoms with Crippen LogP contribution in [0.15, 0.2) is 0 Å². The first-order chi connectivity index (χ1) is 12.7. The second kappa shape index (κ2) is 12.4. The van der Waals surface area contributed by atoms with Gasteiger partial charge in [0.1, 0.15) is 12.7 Å². The molecule has 1 amide bonds. The lowest BCUT2D eigenvalue weighted by Crippen LogP contribution is -2.40. The van der Waals surface area contributed by atoms with Crippen LogP contribution in [-0.2, 0) is 14.3 Å². The van der Waals surface area contributed by atoms with Gasteiger partial charge in [0.2, 0.25) is 5.91 Å². The third kappa shape index (κ3) is 12.1. The summed E-state index contributed by atoms with van der Waals surface area (Å²) in [6.45, 7) is 14.6. The van der Waals surface area contributed by atoms with Crippen molar-refractivity contribution >= 4 is 5.91 Å². The van der Waals surface area contributed by atoms with Crippen molar-refractivity contribution in [3.8, 4) is 11.8 Å². The van der Waals surface area contributed by atoms with Gasteiger partial charge in [-0.3, -0.25) is 4.79 Å². The van der Waals surface area contributed by atoms with Crippen molar-refractivity contribution in [2.75, 3.05) is 39.5 Å². The molecule has 0 aromatic carbocycles. The van der Waals surface area contributed by atoms with Crippen LogP contribution in [0.4, 0.5) is 0 Å². The van der Waals surface area contributed by atoms with Crippen LogP contribution in [0.2, 0.25) is 0 Å². The van der Waals surface area contributed by atoms with Crippen molar-refractivity contribution in [3.63, 3.8) is 0 Å². The van der Waals surface area contributed by atoms with Crippen LogP contribution in [0.25, 0.3) is 0 Å². The van der Waals surface area contributed by atoms with Crippen LogP contribution >= 0.6 is 0 Å². The standard InChI is InChI=1S/C22H40N2O3/c1-6-23-15-21(2,3)17-26-18-22(4,5)16-24-20(25)14-27-19-12-10-8-7-9-11-13-19/h19,23H,6-10,12,14-18H2,1-5H3,(H,24,25). The number of nitrogens with one attached hydrogen (secondary N) is 2. The Balaban J connectivity index is 2.24. The number of carbonyl (C=O) groups is 1. The van der Waals surface area contributed by atoms with Crippen LogP contribution in [0.5, 0.6) is 0 Å². The van der Waals surface area contributed by atoms with Crippen LogP contribution in [0.1, 0.15) is 66.7 Å². The summed E-state index contributed by atoms with van der Waals surface area (Å²) in [6, 6.07) is 0. The fourth-order valence-corrected chi connectivity index (χ4v) is 2.84. The smallest absolute Gasteiger partial charge is 0.246 e. The molecule has 0 spiro atoms. The number of ether oxygens (including phenoxy) is 2. The molecule has 0 aliphatic heterocycles. The Morgan fingerprint density at radius 2 is 1.78 bits per heavy atom. The lowest BCUT2D eigenvalue weighted by molar-refractivity contribution is -0.127. The number of hydrogen-bond donors (Lipinski definition) is 2. The van der Waals surface area contributed by atoms with E-state index in [1.807, 2.05) is 0 Å². The summed E-state index contributed by atoms with van der Waals surface area (Å²) in [5.41, 5.74) is -0.0221. The van der Waals surface area contributed by atoms with Crippen molar-refractivity contribution in [2.45, 2.75) is 72.8 Å². The van der Waals surface area contributed by atoms with Crippen molar-refractivity contribution in [2.24, 2.45) is 10.8 Å². The SMILES string of the molecule is CCNCC(C)(C)COCC(C)(C)CNC(=O)COC1C#CCCCCC1. The van der Waals surface area contributed by atoms with E-state index >= 15 is 0 Å². The molecule has 5 heteroatoms. The molecule has 1 aliphatic rings. The van der Waals surface area contributed by atoms with Crippen LogP contribution < -0.4 is 10.6 Å². The fraction of sp³-hybridized carbons (Fsp3) is 0.864. The van der Waals surface area contributed by atoms with Crippen molar-refractivity contribution in [1.82, 2.24) is 10.6 Å². The Hall–Kier alpha value is -1.09. The van der Waals surface area contributed by atoms with Gasteiger partial charge in [-0.25, -0.2) is 0 Å². The Kier molecular flexibility index (Phi) is 11.0. The zero-order chi connectivity index (χ0) is 20.2. The van der Waals surface area contributed by atoms with Crippen LogP contribution in [-0.4, -0.2) is 51.5 Å². The maximum Gasteiger partial charge on any atom is 0.246 e. The lowest BCUT2D eigenvalue weighted by atomic mass is 9.93. The summed E-state index contributed by atoms with van der Waals surface area (Å²) in [6.07, 6.45) is 5.24. The molecule has 1 aliphatic carbocycles. The van der Waals surface area contributed by atoms with Crippen LogP contribution in [0, 0.1) is 22.7 Å². The zero-order valence-electron chi connectivity index (χ0n) is 18.1. The largest absolute Gasteiger partial charge is 0.380 e. The average Bonchev–Trinajstić information content (AvgIpc) is 2.57. The van der Waals surface area contributed by atoms with E-state index in [9.17, 15) is 4.79 Å². The summed E-state index contributed by atoms with van der Waals surface area (Å²) in [5, 5.41) is 6.33. The van der Waals surface area contributed by atoms with Crippen molar-refractivity contribution in [1.29, 1.82) is 0 Å². The molecule has 0 fully saturated rings. The fourth-order valence-electron chi connectivity index (χ4n) is 2.84. The highest BCUT2D eigenvalue weighted by atomic mass is 16.5. The molecule has 0 radical (unpaired) electrons. The highest BCUT2D eigenvalue weighted by Crippen LogP contribution is 2.19. The minimum absolute atomic E-state index is 0.0754. The molecule has 5 nitrogen and oxygen atoms in total. The van der Waals surface area contributed by atoms with E-state index in [1.165, 1.54) is 12.8 Å². The molecule has 1 atom stereocenters. The van der Waals surface area contributed by atoms with Gasteiger partial charge in [0.05, 0.1) is 13.2 Å².